The maximum absolute atomic E-state index is 12.5. The average Bonchev–Trinajstić information content (AvgIpc) is 3.19. The van der Waals surface area contributed by atoms with E-state index in [1.165, 1.54) is 0 Å². The maximum Gasteiger partial charge on any atom is 0.251 e. The zero-order chi connectivity index (χ0) is 19.8. The van der Waals surface area contributed by atoms with Gasteiger partial charge in [0.2, 0.25) is 5.91 Å². The highest BCUT2D eigenvalue weighted by atomic mass is 35.5. The van der Waals surface area contributed by atoms with Crippen LogP contribution in [0.25, 0.3) is 11.1 Å². The standard InChI is InChI=1S/C20H16Cl2N4O2/c1-11-2-4-12(5-3-11)14-10-23-26-17(20(28)25-19(14)26)9-18(27)24-16-8-13(21)6-7-15(16)22/h2-8,10,17H,9H2,1H3,(H,24,27)(H,25,28). The molecule has 1 aliphatic rings. The molecule has 0 fully saturated rings. The first-order valence-electron chi connectivity index (χ1n) is 8.62. The quantitative estimate of drug-likeness (QED) is 0.649. The zero-order valence-corrected chi connectivity index (χ0v) is 16.4. The fourth-order valence-electron chi connectivity index (χ4n) is 3.13. The number of fused-ring (bicyclic) bond motifs is 1. The van der Waals surface area contributed by atoms with Crippen LogP contribution >= 0.6 is 23.2 Å². The Hall–Kier alpha value is -2.83. The molecule has 2 heterocycles. The monoisotopic (exact) mass is 414 g/mol. The first-order valence-corrected chi connectivity index (χ1v) is 9.38. The van der Waals surface area contributed by atoms with Gasteiger partial charge in [0.1, 0.15) is 11.9 Å². The van der Waals surface area contributed by atoms with E-state index in [4.69, 9.17) is 23.2 Å². The average molecular weight is 415 g/mol. The number of amides is 2. The molecule has 0 saturated carbocycles. The smallest absolute Gasteiger partial charge is 0.251 e. The molecular weight excluding hydrogens is 399 g/mol. The SMILES string of the molecule is Cc1ccc(-c2cnn3c2NC(=O)C3CC(=O)Nc2cc(Cl)ccc2Cl)cc1. The number of hydrogen-bond acceptors (Lipinski definition) is 3. The van der Waals surface area contributed by atoms with E-state index in [1.54, 1.807) is 29.1 Å². The lowest BCUT2D eigenvalue weighted by molar-refractivity contribution is -0.123. The summed E-state index contributed by atoms with van der Waals surface area (Å²) in [4.78, 5) is 24.9. The molecule has 0 radical (unpaired) electrons. The Morgan fingerprint density at radius 1 is 1.21 bits per heavy atom. The number of carbonyl (C=O) groups excluding carboxylic acids is 2. The van der Waals surface area contributed by atoms with E-state index >= 15 is 0 Å². The van der Waals surface area contributed by atoms with Crippen LogP contribution in [0.4, 0.5) is 11.5 Å². The number of aryl methyl sites for hydroxylation is 1. The van der Waals surface area contributed by atoms with Gasteiger partial charge >= 0.3 is 0 Å². The van der Waals surface area contributed by atoms with Crippen molar-refractivity contribution >= 4 is 46.5 Å². The fraction of sp³-hybridized carbons (Fsp3) is 0.150. The number of hydrogen-bond donors (Lipinski definition) is 2. The lowest BCUT2D eigenvalue weighted by Gasteiger charge is -2.11. The number of halogens is 2. The number of aromatic nitrogens is 2. The summed E-state index contributed by atoms with van der Waals surface area (Å²) in [7, 11) is 0. The minimum absolute atomic E-state index is 0.0727. The first kappa shape index (κ1) is 18.5. The van der Waals surface area contributed by atoms with Crippen molar-refractivity contribution in [2.24, 2.45) is 0 Å². The van der Waals surface area contributed by atoms with Gasteiger partial charge in [-0.1, -0.05) is 53.0 Å². The Morgan fingerprint density at radius 2 is 1.96 bits per heavy atom. The van der Waals surface area contributed by atoms with Crippen molar-refractivity contribution in [3.63, 3.8) is 0 Å². The van der Waals surface area contributed by atoms with Gasteiger partial charge in [-0.05, 0) is 30.7 Å². The van der Waals surface area contributed by atoms with E-state index < -0.39 is 6.04 Å². The van der Waals surface area contributed by atoms with Gasteiger partial charge in [-0.15, -0.1) is 0 Å². The van der Waals surface area contributed by atoms with Crippen LogP contribution in [0, 0.1) is 6.92 Å². The Bertz CT molecular complexity index is 1080. The Kier molecular flexibility index (Phi) is 4.83. The van der Waals surface area contributed by atoms with Gasteiger partial charge in [-0.3, -0.25) is 9.59 Å². The number of benzene rings is 2. The first-order chi connectivity index (χ1) is 13.4. The topological polar surface area (TPSA) is 76.0 Å². The van der Waals surface area contributed by atoms with Gasteiger partial charge in [-0.2, -0.15) is 5.10 Å². The van der Waals surface area contributed by atoms with E-state index in [1.807, 2.05) is 31.2 Å². The summed E-state index contributed by atoms with van der Waals surface area (Å²) in [6.07, 6.45) is 1.62. The summed E-state index contributed by atoms with van der Waals surface area (Å²) in [5.74, 6) is -0.0409. The molecule has 1 atom stereocenters. The van der Waals surface area contributed by atoms with E-state index in [0.29, 0.717) is 21.6 Å². The summed E-state index contributed by atoms with van der Waals surface area (Å²) in [6, 6.07) is 12.0. The molecule has 1 unspecified atom stereocenters. The van der Waals surface area contributed by atoms with Crippen LogP contribution < -0.4 is 10.6 Å². The molecule has 3 aromatic rings. The van der Waals surface area contributed by atoms with E-state index in [0.717, 1.165) is 16.7 Å². The van der Waals surface area contributed by atoms with Crippen LogP contribution in [0.3, 0.4) is 0 Å². The molecule has 0 aliphatic carbocycles. The third-order valence-corrected chi connectivity index (χ3v) is 5.14. The molecule has 2 amide bonds. The molecule has 1 aliphatic heterocycles. The molecule has 0 spiro atoms. The van der Waals surface area contributed by atoms with Crippen LogP contribution in [0.2, 0.25) is 10.0 Å². The Morgan fingerprint density at radius 3 is 2.71 bits per heavy atom. The highest BCUT2D eigenvalue weighted by Gasteiger charge is 2.35. The maximum atomic E-state index is 12.5. The van der Waals surface area contributed by atoms with Crippen molar-refractivity contribution in [1.29, 1.82) is 0 Å². The molecule has 4 rings (SSSR count). The molecule has 28 heavy (non-hydrogen) atoms. The van der Waals surface area contributed by atoms with Crippen LogP contribution in [0.5, 0.6) is 0 Å². The lowest BCUT2D eigenvalue weighted by Crippen LogP contribution is -2.23. The number of carbonyl (C=O) groups is 2. The van der Waals surface area contributed by atoms with E-state index in [2.05, 4.69) is 15.7 Å². The van der Waals surface area contributed by atoms with Crippen LogP contribution in [-0.2, 0) is 9.59 Å². The second-order valence-electron chi connectivity index (χ2n) is 6.60. The summed E-state index contributed by atoms with van der Waals surface area (Å²) in [6.45, 7) is 2.01. The third-order valence-electron chi connectivity index (χ3n) is 4.58. The number of rotatable bonds is 4. The molecule has 2 N–H and O–H groups in total. The molecule has 142 valence electrons. The molecular formula is C20H16Cl2N4O2. The summed E-state index contributed by atoms with van der Waals surface area (Å²) in [5, 5.41) is 10.7. The predicted octanol–water partition coefficient (Wildman–Crippen LogP) is 4.69. The van der Waals surface area contributed by atoms with Crippen LogP contribution in [-0.4, -0.2) is 21.6 Å². The van der Waals surface area contributed by atoms with E-state index in [9.17, 15) is 9.59 Å². The minimum atomic E-state index is -0.729. The molecule has 6 nitrogen and oxygen atoms in total. The van der Waals surface area contributed by atoms with Gasteiger partial charge in [0.15, 0.2) is 0 Å². The fourth-order valence-corrected chi connectivity index (χ4v) is 3.46. The highest BCUT2D eigenvalue weighted by molar-refractivity contribution is 6.35. The Labute approximate surface area is 171 Å². The zero-order valence-electron chi connectivity index (χ0n) is 14.9. The molecule has 1 aromatic heterocycles. The molecule has 0 saturated heterocycles. The molecule has 8 heteroatoms. The van der Waals surface area contributed by atoms with Crippen LogP contribution in [0.15, 0.2) is 48.7 Å². The van der Waals surface area contributed by atoms with Crippen molar-refractivity contribution in [2.45, 2.75) is 19.4 Å². The summed E-state index contributed by atoms with van der Waals surface area (Å²) < 4.78 is 1.55. The summed E-state index contributed by atoms with van der Waals surface area (Å²) in [5.41, 5.74) is 3.31. The van der Waals surface area contributed by atoms with Gasteiger partial charge < -0.3 is 10.6 Å². The second kappa shape index (κ2) is 7.30. The normalized spacial score (nSPS) is 15.2. The van der Waals surface area contributed by atoms with Crippen molar-refractivity contribution in [2.75, 3.05) is 10.6 Å². The van der Waals surface area contributed by atoms with Gasteiger partial charge in [0, 0.05) is 10.6 Å². The Balaban J connectivity index is 1.54. The van der Waals surface area contributed by atoms with Crippen molar-refractivity contribution in [1.82, 2.24) is 9.78 Å². The van der Waals surface area contributed by atoms with Crippen molar-refractivity contribution in [3.05, 3.63) is 64.3 Å². The number of nitrogens with zero attached hydrogens (tertiary/aromatic N) is 2. The minimum Gasteiger partial charge on any atom is -0.325 e. The van der Waals surface area contributed by atoms with Crippen LogP contribution in [0.1, 0.15) is 18.0 Å². The highest BCUT2D eigenvalue weighted by Crippen LogP contribution is 2.36. The second-order valence-corrected chi connectivity index (χ2v) is 7.44. The van der Waals surface area contributed by atoms with E-state index in [-0.39, 0.29) is 18.2 Å². The molecule has 2 aromatic carbocycles. The van der Waals surface area contributed by atoms with Gasteiger partial charge in [-0.25, -0.2) is 4.68 Å². The summed E-state index contributed by atoms with van der Waals surface area (Å²) >= 11 is 12.0. The largest absolute Gasteiger partial charge is 0.325 e. The number of nitrogens with one attached hydrogen (secondary N) is 2. The molecule has 0 bridgehead atoms. The van der Waals surface area contributed by atoms with Crippen molar-refractivity contribution < 1.29 is 9.59 Å². The van der Waals surface area contributed by atoms with Crippen molar-refractivity contribution in [3.8, 4) is 11.1 Å². The number of anilines is 2. The lowest BCUT2D eigenvalue weighted by atomic mass is 10.1. The predicted molar refractivity (Wildman–Crippen MR) is 110 cm³/mol. The third kappa shape index (κ3) is 3.48. The van der Waals surface area contributed by atoms with Gasteiger partial charge in [0.25, 0.3) is 5.91 Å². The van der Waals surface area contributed by atoms with Gasteiger partial charge in [0.05, 0.1) is 23.3 Å².